The number of hydrogen-bond acceptors (Lipinski definition) is 11. The summed E-state index contributed by atoms with van der Waals surface area (Å²) < 4.78 is 7.76. The van der Waals surface area contributed by atoms with E-state index in [1.165, 1.54) is 6.33 Å². The number of aliphatic hydroxyl groups is 3. The molecule has 3 aromatic heterocycles. The second-order valence-corrected chi connectivity index (χ2v) is 11.6. The molecule has 45 heavy (non-hydrogen) atoms. The van der Waals surface area contributed by atoms with Crippen LogP contribution in [0.1, 0.15) is 61.8 Å². The summed E-state index contributed by atoms with van der Waals surface area (Å²) >= 11 is 0. The van der Waals surface area contributed by atoms with Crippen molar-refractivity contribution in [2.45, 2.75) is 57.6 Å². The van der Waals surface area contributed by atoms with E-state index < -0.39 is 24.5 Å². The highest BCUT2D eigenvalue weighted by Crippen LogP contribution is 2.39. The Morgan fingerprint density at radius 1 is 0.978 bits per heavy atom. The molecule has 0 radical (unpaired) electrons. The minimum Gasteiger partial charge on any atom is -0.387 e. The van der Waals surface area contributed by atoms with Crippen LogP contribution in [0.4, 0.5) is 11.8 Å². The normalized spacial score (nSPS) is 20.0. The summed E-state index contributed by atoms with van der Waals surface area (Å²) in [7, 11) is 0. The number of rotatable bonds is 12. The van der Waals surface area contributed by atoms with E-state index in [4.69, 9.17) is 14.7 Å². The smallest absolute Gasteiger partial charge is 0.231 e. The zero-order chi connectivity index (χ0) is 31.5. The van der Waals surface area contributed by atoms with E-state index in [2.05, 4.69) is 49.7 Å². The van der Waals surface area contributed by atoms with Crippen molar-refractivity contribution in [1.29, 1.82) is 0 Å². The van der Waals surface area contributed by atoms with E-state index >= 15 is 0 Å². The maximum absolute atomic E-state index is 11.1. The Bertz CT molecular complexity index is 1660. The minimum absolute atomic E-state index is 0.0124. The number of benzene rings is 2. The third-order valence-electron chi connectivity index (χ3n) is 7.99. The summed E-state index contributed by atoms with van der Waals surface area (Å²) in [4.78, 5) is 19.0. The average Bonchev–Trinajstić information content (AvgIpc) is 3.78. The minimum atomic E-state index is -1.30. The average molecular weight is 614 g/mol. The van der Waals surface area contributed by atoms with Crippen molar-refractivity contribution in [3.05, 3.63) is 89.8 Å². The van der Waals surface area contributed by atoms with Crippen LogP contribution in [0.25, 0.3) is 11.2 Å². The molecule has 0 bridgehead atoms. The van der Waals surface area contributed by atoms with Crippen molar-refractivity contribution in [3.8, 4) is 0 Å². The lowest BCUT2D eigenvalue weighted by Gasteiger charge is -2.24. The second-order valence-electron chi connectivity index (χ2n) is 11.6. The van der Waals surface area contributed by atoms with Crippen LogP contribution in [0.5, 0.6) is 0 Å². The van der Waals surface area contributed by atoms with Crippen LogP contribution in [-0.2, 0) is 11.2 Å². The molecule has 4 heterocycles. The first-order chi connectivity index (χ1) is 21.9. The number of aryl methyl sites for hydroxylation is 1. The number of nitrogens with one attached hydrogen (secondary N) is 2. The topological polar surface area (TPSA) is 170 Å². The third-order valence-corrected chi connectivity index (χ3v) is 7.99. The first-order valence-corrected chi connectivity index (χ1v) is 15.2. The maximum Gasteiger partial charge on any atom is 0.231 e. The van der Waals surface area contributed by atoms with E-state index in [-0.39, 0.29) is 18.6 Å². The largest absolute Gasteiger partial charge is 0.387 e. The number of H-pyrrole nitrogens is 1. The summed E-state index contributed by atoms with van der Waals surface area (Å²) in [6.07, 6.45) is -2.36. The fraction of sp³-hybridized carbons (Fsp3) is 0.406. The first kappa shape index (κ1) is 30.6. The zero-order valence-corrected chi connectivity index (χ0v) is 25.5. The van der Waals surface area contributed by atoms with Crippen molar-refractivity contribution in [1.82, 2.24) is 34.7 Å². The molecule has 4 atom stereocenters. The third kappa shape index (κ3) is 6.25. The lowest BCUT2D eigenvalue weighted by Crippen LogP contribution is -2.31. The molecular formula is C32H39N9O4. The van der Waals surface area contributed by atoms with Gasteiger partial charge in [-0.3, -0.25) is 4.57 Å². The van der Waals surface area contributed by atoms with Crippen LogP contribution in [0.2, 0.25) is 0 Å². The van der Waals surface area contributed by atoms with Crippen LogP contribution in [0.15, 0.2) is 67.0 Å². The Balaban J connectivity index is 1.38. The van der Waals surface area contributed by atoms with Gasteiger partial charge in [-0.25, -0.2) is 4.98 Å². The Kier molecular flexibility index (Phi) is 9.03. The fourth-order valence-corrected chi connectivity index (χ4v) is 5.71. The van der Waals surface area contributed by atoms with Crippen molar-refractivity contribution in [3.63, 3.8) is 0 Å². The van der Waals surface area contributed by atoms with Crippen LogP contribution < -0.4 is 10.2 Å². The van der Waals surface area contributed by atoms with Crippen molar-refractivity contribution in [2.75, 3.05) is 30.0 Å². The van der Waals surface area contributed by atoms with Gasteiger partial charge in [0.2, 0.25) is 5.95 Å². The molecule has 1 aliphatic rings. The predicted molar refractivity (Wildman–Crippen MR) is 168 cm³/mol. The number of fused-ring (bicyclic) bond motifs is 1. The lowest BCUT2D eigenvalue weighted by atomic mass is 9.91. The van der Waals surface area contributed by atoms with E-state index in [1.54, 1.807) is 9.47 Å². The Morgan fingerprint density at radius 3 is 2.27 bits per heavy atom. The zero-order valence-electron chi connectivity index (χ0n) is 25.5. The number of hydrogen-bond donors (Lipinski definition) is 5. The monoisotopic (exact) mass is 613 g/mol. The molecular weight excluding hydrogens is 574 g/mol. The number of aliphatic hydroxyl groups excluding tert-OH is 3. The van der Waals surface area contributed by atoms with Gasteiger partial charge in [-0.2, -0.15) is 9.97 Å². The molecule has 0 amide bonds. The molecule has 13 nitrogen and oxygen atoms in total. The van der Waals surface area contributed by atoms with Crippen molar-refractivity contribution >= 4 is 22.9 Å². The van der Waals surface area contributed by atoms with Gasteiger partial charge in [-0.05, 0) is 17.0 Å². The van der Waals surface area contributed by atoms with Gasteiger partial charge in [-0.15, -0.1) is 10.2 Å². The van der Waals surface area contributed by atoms with Crippen molar-refractivity contribution in [2.24, 2.45) is 5.92 Å². The van der Waals surface area contributed by atoms with Gasteiger partial charge < -0.3 is 35.3 Å². The van der Waals surface area contributed by atoms with E-state index in [9.17, 15) is 15.3 Å². The standard InChI is InChI=1S/C32H39N9O4/c1-4-23-35-29(39-38-23)27-25(43)26(44)31(45-27)41-17-34-24-28(36-32(37-30(24)41)40(18-42)16-19(2)3)33-15-22(20-11-7-5-8-12-20)21-13-9-6-10-14-21/h5-14,17,19,22,25-27,31,42-44H,4,15-16,18H2,1-3H3,(H,33,36,37)(H,35,38,39)/t25-,26+,27-,31+/m0/s1. The van der Waals surface area contributed by atoms with Gasteiger partial charge in [0.1, 0.15) is 30.9 Å². The molecule has 2 aromatic carbocycles. The molecule has 1 fully saturated rings. The number of aromatic amines is 1. The number of anilines is 2. The van der Waals surface area contributed by atoms with Crippen LogP contribution in [0, 0.1) is 5.92 Å². The number of aromatic nitrogens is 7. The fourth-order valence-electron chi connectivity index (χ4n) is 5.71. The molecule has 6 rings (SSSR count). The molecule has 1 saturated heterocycles. The van der Waals surface area contributed by atoms with E-state index in [0.29, 0.717) is 54.1 Å². The van der Waals surface area contributed by atoms with Crippen LogP contribution in [0.3, 0.4) is 0 Å². The highest BCUT2D eigenvalue weighted by atomic mass is 16.6. The van der Waals surface area contributed by atoms with Gasteiger partial charge >= 0.3 is 0 Å². The SMILES string of the molecule is CCc1nnc([C@H]2O[C@@H](n3cnc4c(NCC(c5ccccc5)c5ccccc5)nc(N(CO)CC(C)C)nc43)[C@H](O)[C@@H]2O)[nH]1. The molecule has 5 N–H and O–H groups in total. The molecule has 0 aliphatic carbocycles. The van der Waals surface area contributed by atoms with E-state index in [0.717, 1.165) is 11.1 Å². The summed E-state index contributed by atoms with van der Waals surface area (Å²) in [5.41, 5.74) is 3.13. The molecule has 0 unspecified atom stereocenters. The van der Waals surface area contributed by atoms with Gasteiger partial charge in [0.05, 0.1) is 6.33 Å². The lowest BCUT2D eigenvalue weighted by molar-refractivity contribution is -0.0382. The summed E-state index contributed by atoms with van der Waals surface area (Å²) in [6.45, 7) is 6.76. The van der Waals surface area contributed by atoms with Gasteiger partial charge in [-0.1, -0.05) is 81.4 Å². The first-order valence-electron chi connectivity index (χ1n) is 15.2. The molecule has 0 saturated carbocycles. The second kappa shape index (κ2) is 13.3. The number of nitrogens with zero attached hydrogens (tertiary/aromatic N) is 7. The Hall–Kier alpha value is -4.43. The molecule has 5 aromatic rings. The number of imidazole rings is 1. The quantitative estimate of drug-likeness (QED) is 0.131. The maximum atomic E-state index is 11.1. The molecule has 236 valence electrons. The van der Waals surface area contributed by atoms with Crippen molar-refractivity contribution < 1.29 is 20.1 Å². The van der Waals surface area contributed by atoms with Crippen LogP contribution >= 0.6 is 0 Å². The summed E-state index contributed by atoms with van der Waals surface area (Å²) in [6, 6.07) is 20.5. The molecule has 13 heteroatoms. The van der Waals surface area contributed by atoms with Gasteiger partial charge in [0, 0.05) is 25.4 Å². The molecule has 0 spiro atoms. The van der Waals surface area contributed by atoms with Crippen LogP contribution in [-0.4, -0.2) is 82.0 Å². The number of ether oxygens (including phenoxy) is 1. The molecule has 1 aliphatic heterocycles. The predicted octanol–water partition coefficient (Wildman–Crippen LogP) is 3.15. The Morgan fingerprint density at radius 2 is 1.67 bits per heavy atom. The van der Waals surface area contributed by atoms with Gasteiger partial charge in [0.15, 0.2) is 29.0 Å². The van der Waals surface area contributed by atoms with E-state index in [1.807, 2.05) is 57.2 Å². The summed E-state index contributed by atoms with van der Waals surface area (Å²) in [5, 5.41) is 44.1. The Labute approximate surface area is 261 Å². The highest BCUT2D eigenvalue weighted by Gasteiger charge is 2.46. The van der Waals surface area contributed by atoms with Gasteiger partial charge in [0.25, 0.3) is 0 Å². The summed E-state index contributed by atoms with van der Waals surface area (Å²) in [5.74, 6) is 1.99. The highest BCUT2D eigenvalue weighted by molar-refractivity contribution is 5.84.